The van der Waals surface area contributed by atoms with Crippen LogP contribution in [0.4, 0.5) is 5.95 Å². The van der Waals surface area contributed by atoms with Gasteiger partial charge in [0, 0.05) is 6.92 Å². The van der Waals surface area contributed by atoms with Gasteiger partial charge in [0.2, 0.25) is 11.8 Å². The molecule has 24 heavy (non-hydrogen) atoms. The lowest BCUT2D eigenvalue weighted by molar-refractivity contribution is -0.150. The van der Waals surface area contributed by atoms with Crippen molar-refractivity contribution in [2.75, 3.05) is 19.5 Å². The Hall–Kier alpha value is -2.50. The fraction of sp³-hybridized carbons (Fsp3) is 0.538. The normalized spacial score (nSPS) is 24.9. The fourth-order valence-electron chi connectivity index (χ4n) is 2.59. The number of hydrogen-bond acceptors (Lipinski definition) is 10. The van der Waals surface area contributed by atoms with Crippen molar-refractivity contribution in [2.24, 2.45) is 0 Å². The van der Waals surface area contributed by atoms with Gasteiger partial charge in [-0.2, -0.15) is 9.97 Å². The van der Waals surface area contributed by atoms with Crippen molar-refractivity contribution in [3.63, 3.8) is 0 Å². The molecule has 0 radical (unpaired) electrons. The summed E-state index contributed by atoms with van der Waals surface area (Å²) >= 11 is 0. The molecule has 1 aliphatic heterocycles. The molecule has 1 fully saturated rings. The number of aromatic nitrogens is 4. The number of hydrogen-bond donors (Lipinski definition) is 3. The van der Waals surface area contributed by atoms with Crippen molar-refractivity contribution in [1.29, 1.82) is 0 Å². The third-order valence-electron chi connectivity index (χ3n) is 3.67. The molecule has 0 amide bonds. The zero-order chi connectivity index (χ0) is 17.4. The van der Waals surface area contributed by atoms with Gasteiger partial charge in [0.15, 0.2) is 23.5 Å². The minimum absolute atomic E-state index is 0.0322. The Morgan fingerprint density at radius 2 is 2.29 bits per heavy atom. The maximum atomic E-state index is 11.0. The Morgan fingerprint density at radius 1 is 1.54 bits per heavy atom. The number of methoxy groups -OCH3 is 1. The van der Waals surface area contributed by atoms with Crippen LogP contribution in [0.25, 0.3) is 11.2 Å². The van der Waals surface area contributed by atoms with E-state index in [9.17, 15) is 15.0 Å². The summed E-state index contributed by atoms with van der Waals surface area (Å²) in [4.78, 5) is 23.0. The van der Waals surface area contributed by atoms with Crippen molar-refractivity contribution in [2.45, 2.75) is 31.5 Å². The van der Waals surface area contributed by atoms with Gasteiger partial charge in [-0.1, -0.05) is 0 Å². The van der Waals surface area contributed by atoms with E-state index in [1.54, 1.807) is 0 Å². The molecule has 1 saturated heterocycles. The van der Waals surface area contributed by atoms with E-state index in [1.165, 1.54) is 24.9 Å². The molecule has 3 rings (SSSR count). The van der Waals surface area contributed by atoms with Crippen molar-refractivity contribution < 1.29 is 29.2 Å². The molecule has 11 nitrogen and oxygen atoms in total. The Morgan fingerprint density at radius 3 is 2.96 bits per heavy atom. The monoisotopic (exact) mass is 339 g/mol. The van der Waals surface area contributed by atoms with Crippen LogP contribution < -0.4 is 10.5 Å². The van der Waals surface area contributed by atoms with Crippen LogP contribution in [0.2, 0.25) is 0 Å². The summed E-state index contributed by atoms with van der Waals surface area (Å²) < 4.78 is 16.7. The van der Waals surface area contributed by atoms with Gasteiger partial charge in [0.1, 0.15) is 12.2 Å². The molecule has 2 aromatic rings. The maximum Gasteiger partial charge on any atom is 0.303 e. The molecule has 2 aromatic heterocycles. The molecule has 130 valence electrons. The number of aliphatic hydroxyl groups excluding tert-OH is 2. The van der Waals surface area contributed by atoms with Crippen LogP contribution in [0.5, 0.6) is 5.88 Å². The smallest absolute Gasteiger partial charge is 0.303 e. The van der Waals surface area contributed by atoms with Crippen LogP contribution in [0.3, 0.4) is 0 Å². The Balaban J connectivity index is 1.91. The number of ether oxygens (including phenoxy) is 3. The summed E-state index contributed by atoms with van der Waals surface area (Å²) in [6.45, 7) is 1.20. The van der Waals surface area contributed by atoms with Gasteiger partial charge in [-0.25, -0.2) is 4.98 Å². The molecule has 4 N–H and O–H groups in total. The van der Waals surface area contributed by atoms with Crippen LogP contribution in [0, 0.1) is 0 Å². The topological polar surface area (TPSA) is 155 Å². The summed E-state index contributed by atoms with van der Waals surface area (Å²) in [6, 6.07) is 0. The second kappa shape index (κ2) is 6.19. The first-order valence-corrected chi connectivity index (χ1v) is 7.11. The molecule has 1 aliphatic rings. The van der Waals surface area contributed by atoms with Gasteiger partial charge in [-0.3, -0.25) is 9.36 Å². The largest absolute Gasteiger partial charge is 0.479 e. The highest BCUT2D eigenvalue weighted by Gasteiger charge is 2.43. The summed E-state index contributed by atoms with van der Waals surface area (Å²) in [7, 11) is 1.41. The number of fused-ring (bicyclic) bond motifs is 1. The van der Waals surface area contributed by atoms with E-state index < -0.39 is 30.5 Å². The van der Waals surface area contributed by atoms with Crippen molar-refractivity contribution >= 4 is 23.1 Å². The van der Waals surface area contributed by atoms with E-state index in [1.807, 2.05) is 0 Å². The average molecular weight is 339 g/mol. The minimum Gasteiger partial charge on any atom is -0.479 e. The molecular formula is C13H17N5O6. The number of rotatable bonds is 4. The van der Waals surface area contributed by atoms with E-state index in [0.717, 1.165) is 0 Å². The van der Waals surface area contributed by atoms with E-state index in [2.05, 4.69) is 15.0 Å². The predicted octanol–water partition coefficient (Wildman–Crippen LogP) is -1.40. The summed E-state index contributed by atoms with van der Waals surface area (Å²) in [5.41, 5.74) is 6.14. The zero-order valence-corrected chi connectivity index (χ0v) is 13.0. The third kappa shape index (κ3) is 2.72. The number of imidazole rings is 1. The lowest BCUT2D eigenvalue weighted by Gasteiger charge is -2.23. The van der Waals surface area contributed by atoms with E-state index >= 15 is 0 Å². The first kappa shape index (κ1) is 16.4. The molecule has 0 aliphatic carbocycles. The molecule has 0 saturated carbocycles. The molecule has 3 heterocycles. The number of nitrogens with two attached hydrogens (primary N) is 1. The van der Waals surface area contributed by atoms with Crippen molar-refractivity contribution in [3.05, 3.63) is 6.33 Å². The third-order valence-corrected chi connectivity index (χ3v) is 3.67. The van der Waals surface area contributed by atoms with Crippen LogP contribution in [0.15, 0.2) is 6.33 Å². The lowest BCUT2D eigenvalue weighted by atomic mass is 10.1. The molecule has 0 spiro atoms. The maximum absolute atomic E-state index is 11.0. The standard InChI is InChI=1S/C13H17N5O6/c1-5(19)24-6-3-23-9(8(6)20)12(21)18-4-15-7-10(18)16-13(14)17-11(7)22-2/h4,6,8-9,12,20-21H,3H2,1-2H3,(H2,14,16,17)/t6-,8+,9+,12?/m1/s1. The number of anilines is 1. The van der Waals surface area contributed by atoms with Gasteiger partial charge in [0.05, 0.1) is 20.0 Å². The highest BCUT2D eigenvalue weighted by atomic mass is 16.6. The SMILES string of the molecule is COc1nc(N)nc2c1ncn2C(O)[C@H]1OC[C@@H](OC(C)=O)[C@@H]1O. The molecule has 1 unspecified atom stereocenters. The first-order valence-electron chi connectivity index (χ1n) is 7.11. The Kier molecular flexibility index (Phi) is 4.22. The van der Waals surface area contributed by atoms with Gasteiger partial charge in [-0.15, -0.1) is 0 Å². The van der Waals surface area contributed by atoms with Gasteiger partial charge in [-0.05, 0) is 0 Å². The van der Waals surface area contributed by atoms with Crippen LogP contribution >= 0.6 is 0 Å². The molecular weight excluding hydrogens is 322 g/mol. The summed E-state index contributed by atoms with van der Waals surface area (Å²) in [6.07, 6.45) is -3.12. The lowest BCUT2D eigenvalue weighted by Crippen LogP contribution is -2.38. The van der Waals surface area contributed by atoms with Crippen LogP contribution in [-0.2, 0) is 14.3 Å². The van der Waals surface area contributed by atoms with Gasteiger partial charge in [0.25, 0.3) is 0 Å². The summed E-state index contributed by atoms with van der Waals surface area (Å²) in [5.74, 6) is -0.441. The Bertz CT molecular complexity index is 765. The van der Waals surface area contributed by atoms with Crippen molar-refractivity contribution in [1.82, 2.24) is 19.5 Å². The highest BCUT2D eigenvalue weighted by Crippen LogP contribution is 2.29. The average Bonchev–Trinajstić information content (AvgIpc) is 3.10. The number of aliphatic hydroxyl groups is 2. The van der Waals surface area contributed by atoms with E-state index in [0.29, 0.717) is 5.52 Å². The van der Waals surface area contributed by atoms with Crippen molar-refractivity contribution in [3.8, 4) is 5.88 Å². The predicted molar refractivity (Wildman–Crippen MR) is 78.8 cm³/mol. The van der Waals surface area contributed by atoms with E-state index in [-0.39, 0.29) is 24.1 Å². The van der Waals surface area contributed by atoms with E-state index in [4.69, 9.17) is 19.9 Å². The van der Waals surface area contributed by atoms with Crippen LogP contribution in [-0.4, -0.2) is 67.7 Å². The van der Waals surface area contributed by atoms with Crippen LogP contribution in [0.1, 0.15) is 13.2 Å². The molecule has 0 aromatic carbocycles. The second-order valence-electron chi connectivity index (χ2n) is 5.27. The summed E-state index contributed by atoms with van der Waals surface area (Å²) in [5, 5.41) is 20.8. The second-order valence-corrected chi connectivity index (χ2v) is 5.27. The quantitative estimate of drug-likeness (QED) is 0.566. The number of carbonyl (C=O) groups excluding carboxylic acids is 1. The first-order chi connectivity index (χ1) is 11.4. The van der Waals surface area contributed by atoms with Gasteiger partial charge >= 0.3 is 5.97 Å². The number of nitrogens with zero attached hydrogens (tertiary/aromatic N) is 4. The van der Waals surface area contributed by atoms with Gasteiger partial charge < -0.3 is 30.2 Å². The number of nitrogen functional groups attached to an aromatic ring is 1. The Labute approximate surface area is 136 Å². The highest BCUT2D eigenvalue weighted by molar-refractivity contribution is 5.77. The molecule has 4 atom stereocenters. The zero-order valence-electron chi connectivity index (χ0n) is 13.0. The number of esters is 1. The molecule has 11 heteroatoms. The fourth-order valence-corrected chi connectivity index (χ4v) is 2.59. The minimum atomic E-state index is -1.33. The number of carbonyl (C=O) groups is 1. The molecule has 0 bridgehead atoms.